The Morgan fingerprint density at radius 2 is 1.67 bits per heavy atom. The highest BCUT2D eigenvalue weighted by atomic mass is 16.2. The Balaban J connectivity index is 2.93. The molecule has 1 rings (SSSR count). The van der Waals surface area contributed by atoms with Crippen molar-refractivity contribution >= 4 is 17.6 Å². The van der Waals surface area contributed by atoms with Crippen LogP contribution in [0.1, 0.15) is 16.8 Å². The van der Waals surface area contributed by atoms with Crippen LogP contribution in [0.2, 0.25) is 0 Å². The van der Waals surface area contributed by atoms with E-state index in [0.29, 0.717) is 5.56 Å². The van der Waals surface area contributed by atoms with Gasteiger partial charge in [0.1, 0.15) is 5.92 Å². The van der Waals surface area contributed by atoms with Crippen molar-refractivity contribution in [3.8, 4) is 0 Å². The highest BCUT2D eigenvalue weighted by Crippen LogP contribution is 2.12. The standard InChI is InChI=1S/C11H14N4O3/c12-14-9(16)6-8(11(18)15-13)10(17)7-4-2-1-3-5-7/h1-5,8H,6,12-13H2,(H,14,16)(H,15,18). The molecule has 1 atom stereocenters. The van der Waals surface area contributed by atoms with Crippen LogP contribution in [0.4, 0.5) is 0 Å². The summed E-state index contributed by atoms with van der Waals surface area (Å²) in [5.41, 5.74) is 4.06. The van der Waals surface area contributed by atoms with Gasteiger partial charge in [0.05, 0.1) is 0 Å². The SMILES string of the molecule is NNC(=O)CC(C(=O)NN)C(=O)c1ccccc1. The lowest BCUT2D eigenvalue weighted by atomic mass is 9.93. The van der Waals surface area contributed by atoms with Gasteiger partial charge in [0, 0.05) is 12.0 Å². The molecule has 0 bridgehead atoms. The molecule has 0 aliphatic heterocycles. The van der Waals surface area contributed by atoms with Gasteiger partial charge in [-0.1, -0.05) is 30.3 Å². The van der Waals surface area contributed by atoms with Gasteiger partial charge in [-0.15, -0.1) is 0 Å². The number of benzene rings is 1. The lowest BCUT2D eigenvalue weighted by Gasteiger charge is -2.13. The van der Waals surface area contributed by atoms with Crippen LogP contribution in [0.5, 0.6) is 0 Å². The van der Waals surface area contributed by atoms with Crippen molar-refractivity contribution in [1.29, 1.82) is 0 Å². The Morgan fingerprint density at radius 3 is 2.17 bits per heavy atom. The Labute approximate surface area is 103 Å². The molecule has 0 aromatic heterocycles. The predicted molar refractivity (Wildman–Crippen MR) is 63.5 cm³/mol. The third kappa shape index (κ3) is 3.37. The summed E-state index contributed by atoms with van der Waals surface area (Å²) in [6.45, 7) is 0. The molecule has 0 radical (unpaired) electrons. The number of hydrazine groups is 2. The summed E-state index contributed by atoms with van der Waals surface area (Å²) in [4.78, 5) is 34.7. The zero-order valence-corrected chi connectivity index (χ0v) is 9.55. The van der Waals surface area contributed by atoms with E-state index in [-0.39, 0.29) is 6.42 Å². The van der Waals surface area contributed by atoms with E-state index >= 15 is 0 Å². The first kappa shape index (κ1) is 13.8. The van der Waals surface area contributed by atoms with Crippen LogP contribution in [-0.2, 0) is 9.59 Å². The minimum atomic E-state index is -1.19. The lowest BCUT2D eigenvalue weighted by molar-refractivity contribution is -0.129. The summed E-state index contributed by atoms with van der Waals surface area (Å²) in [7, 11) is 0. The maximum atomic E-state index is 12.1. The van der Waals surface area contributed by atoms with E-state index < -0.39 is 23.5 Å². The number of Topliss-reactive ketones (excluding diaryl/α,β-unsaturated/α-hetero) is 1. The van der Waals surface area contributed by atoms with Gasteiger partial charge in [0.25, 0.3) is 0 Å². The number of amides is 2. The Kier molecular flexibility index (Phi) is 4.97. The molecule has 96 valence electrons. The zero-order valence-electron chi connectivity index (χ0n) is 9.55. The average Bonchev–Trinajstić information content (AvgIpc) is 2.43. The highest BCUT2D eigenvalue weighted by Gasteiger charge is 2.29. The maximum absolute atomic E-state index is 12.1. The van der Waals surface area contributed by atoms with Gasteiger partial charge in [0.2, 0.25) is 11.8 Å². The van der Waals surface area contributed by atoms with Crippen molar-refractivity contribution in [1.82, 2.24) is 10.9 Å². The van der Waals surface area contributed by atoms with Crippen molar-refractivity contribution < 1.29 is 14.4 Å². The van der Waals surface area contributed by atoms with Crippen LogP contribution in [0.15, 0.2) is 30.3 Å². The second kappa shape index (κ2) is 6.48. The summed E-state index contributed by atoms with van der Waals surface area (Å²) in [5.74, 6) is 6.89. The Bertz CT molecular complexity index is 447. The van der Waals surface area contributed by atoms with Gasteiger partial charge < -0.3 is 0 Å². The number of hydrogen-bond donors (Lipinski definition) is 4. The van der Waals surface area contributed by atoms with Gasteiger partial charge in [0.15, 0.2) is 5.78 Å². The molecular formula is C11H14N4O3. The third-order valence-electron chi connectivity index (χ3n) is 2.38. The van der Waals surface area contributed by atoms with Gasteiger partial charge in [-0.25, -0.2) is 11.7 Å². The molecule has 1 aromatic rings. The second-order valence-corrected chi connectivity index (χ2v) is 3.56. The van der Waals surface area contributed by atoms with Gasteiger partial charge in [-0.3, -0.25) is 25.2 Å². The fraction of sp³-hybridized carbons (Fsp3) is 0.182. The molecule has 0 spiro atoms. The highest BCUT2D eigenvalue weighted by molar-refractivity contribution is 6.11. The first-order valence-corrected chi connectivity index (χ1v) is 5.19. The zero-order chi connectivity index (χ0) is 13.5. The summed E-state index contributed by atoms with van der Waals surface area (Å²) in [6, 6.07) is 8.17. The molecule has 0 aliphatic carbocycles. The summed E-state index contributed by atoms with van der Waals surface area (Å²) >= 11 is 0. The van der Waals surface area contributed by atoms with Crippen LogP contribution in [0.3, 0.4) is 0 Å². The van der Waals surface area contributed by atoms with Crippen molar-refractivity contribution in [2.75, 3.05) is 0 Å². The van der Waals surface area contributed by atoms with Crippen LogP contribution < -0.4 is 22.5 Å². The summed E-state index contributed by atoms with van der Waals surface area (Å²) in [6.07, 6.45) is -0.354. The minimum Gasteiger partial charge on any atom is -0.294 e. The fourth-order valence-corrected chi connectivity index (χ4v) is 1.45. The van der Waals surface area contributed by atoms with Gasteiger partial charge >= 0.3 is 0 Å². The minimum absolute atomic E-state index is 0.330. The third-order valence-corrected chi connectivity index (χ3v) is 2.38. The quantitative estimate of drug-likeness (QED) is 0.173. The molecule has 0 aliphatic rings. The van der Waals surface area contributed by atoms with Crippen LogP contribution >= 0.6 is 0 Å². The van der Waals surface area contributed by atoms with Crippen LogP contribution in [-0.4, -0.2) is 17.6 Å². The lowest BCUT2D eigenvalue weighted by Crippen LogP contribution is -2.43. The van der Waals surface area contributed by atoms with Crippen molar-refractivity contribution in [3.63, 3.8) is 0 Å². The van der Waals surface area contributed by atoms with E-state index in [2.05, 4.69) is 0 Å². The van der Waals surface area contributed by atoms with Gasteiger partial charge in [-0.05, 0) is 0 Å². The van der Waals surface area contributed by atoms with E-state index in [1.165, 1.54) is 0 Å². The van der Waals surface area contributed by atoms with Crippen molar-refractivity contribution in [3.05, 3.63) is 35.9 Å². The topological polar surface area (TPSA) is 127 Å². The van der Waals surface area contributed by atoms with Gasteiger partial charge in [-0.2, -0.15) is 0 Å². The Hall–Kier alpha value is -2.25. The number of nitrogens with two attached hydrogens (primary N) is 2. The van der Waals surface area contributed by atoms with E-state index in [4.69, 9.17) is 11.7 Å². The summed E-state index contributed by atoms with van der Waals surface area (Å²) in [5, 5.41) is 0. The van der Waals surface area contributed by atoms with E-state index in [1.54, 1.807) is 30.3 Å². The first-order chi connectivity index (χ1) is 8.60. The smallest absolute Gasteiger partial charge is 0.245 e. The van der Waals surface area contributed by atoms with E-state index in [0.717, 1.165) is 0 Å². The molecule has 7 nitrogen and oxygen atoms in total. The number of nitrogens with one attached hydrogen (secondary N) is 2. The predicted octanol–water partition coefficient (Wildman–Crippen LogP) is -1.14. The largest absolute Gasteiger partial charge is 0.294 e. The monoisotopic (exact) mass is 250 g/mol. The summed E-state index contributed by atoms with van der Waals surface area (Å²) < 4.78 is 0. The molecule has 0 heterocycles. The average molecular weight is 250 g/mol. The Morgan fingerprint density at radius 1 is 1.06 bits per heavy atom. The number of ketones is 1. The van der Waals surface area contributed by atoms with E-state index in [9.17, 15) is 14.4 Å². The molecule has 1 aromatic carbocycles. The molecule has 0 saturated heterocycles. The number of carbonyl (C=O) groups is 3. The maximum Gasteiger partial charge on any atom is 0.245 e. The fourth-order valence-electron chi connectivity index (χ4n) is 1.45. The first-order valence-electron chi connectivity index (χ1n) is 5.19. The molecule has 1 unspecified atom stereocenters. The molecule has 7 heteroatoms. The van der Waals surface area contributed by atoms with Crippen molar-refractivity contribution in [2.24, 2.45) is 17.6 Å². The molecule has 0 saturated carbocycles. The molecular weight excluding hydrogens is 236 g/mol. The molecule has 2 amide bonds. The number of carbonyl (C=O) groups excluding carboxylic acids is 3. The van der Waals surface area contributed by atoms with Crippen LogP contribution in [0, 0.1) is 5.92 Å². The normalized spacial score (nSPS) is 11.4. The molecule has 6 N–H and O–H groups in total. The number of hydrogen-bond acceptors (Lipinski definition) is 5. The van der Waals surface area contributed by atoms with Crippen LogP contribution in [0.25, 0.3) is 0 Å². The number of rotatable bonds is 5. The van der Waals surface area contributed by atoms with E-state index in [1.807, 2.05) is 10.9 Å². The molecule has 0 fully saturated rings. The van der Waals surface area contributed by atoms with Crippen molar-refractivity contribution in [2.45, 2.75) is 6.42 Å². The second-order valence-electron chi connectivity index (χ2n) is 3.56. The molecule has 18 heavy (non-hydrogen) atoms.